The molecular weight excluding hydrogens is 551 g/mol. The van der Waals surface area contributed by atoms with Crippen LogP contribution in [0.4, 0.5) is 0 Å². The lowest BCUT2D eigenvalue weighted by Crippen LogP contribution is -2.42. The van der Waals surface area contributed by atoms with Crippen LogP contribution in [0.2, 0.25) is 15.3 Å². The number of nitrogens with one attached hydrogen (secondary N) is 1. The molecule has 0 spiro atoms. The molecule has 9 nitrogen and oxygen atoms in total. The highest BCUT2D eigenvalue weighted by atomic mass is 35.5. The number of rotatable bonds is 8. The molecule has 2 aromatic heterocycles. The van der Waals surface area contributed by atoms with Crippen molar-refractivity contribution in [2.45, 2.75) is 58.8 Å². The minimum absolute atomic E-state index is 0.0507. The van der Waals surface area contributed by atoms with E-state index in [2.05, 4.69) is 15.3 Å². The zero-order valence-electron chi connectivity index (χ0n) is 21.5. The maximum absolute atomic E-state index is 13.4. The number of hydrogen-bond donors (Lipinski definition) is 1. The molecule has 0 saturated carbocycles. The zero-order valence-corrected chi connectivity index (χ0v) is 23.8. The standard InChI is InChI=1S/C26H29Cl3N6O3/c1-5-38-25(37)23-19-13-34(24(36)17-6-7-20(27)21(28)9-17)14(2)8-22(19)33-35(23)15(3)10-30-16(4)18-11-31-26(29)32-12-18/h6-7,9,11-12,14-16,30H,5,8,10,13H2,1-4H3/t14-,15-,16?/m1/s1. The molecule has 0 fully saturated rings. The summed E-state index contributed by atoms with van der Waals surface area (Å²) in [6.07, 6.45) is 3.85. The number of ether oxygens (including phenoxy) is 1. The number of carbonyl (C=O) groups excluding carboxylic acids is 2. The van der Waals surface area contributed by atoms with Gasteiger partial charge in [-0.2, -0.15) is 5.10 Å². The highest BCUT2D eigenvalue weighted by molar-refractivity contribution is 6.42. The quantitative estimate of drug-likeness (QED) is 0.285. The largest absolute Gasteiger partial charge is 0.461 e. The first-order valence-electron chi connectivity index (χ1n) is 12.3. The van der Waals surface area contributed by atoms with Gasteiger partial charge in [0, 0.05) is 54.1 Å². The summed E-state index contributed by atoms with van der Waals surface area (Å²) in [5.41, 5.74) is 3.15. The van der Waals surface area contributed by atoms with Crippen LogP contribution in [0.3, 0.4) is 0 Å². The fourth-order valence-electron chi connectivity index (χ4n) is 4.46. The first-order valence-corrected chi connectivity index (χ1v) is 13.5. The maximum atomic E-state index is 13.4. The lowest BCUT2D eigenvalue weighted by atomic mass is 9.98. The Morgan fingerprint density at radius 1 is 1.16 bits per heavy atom. The molecule has 38 heavy (non-hydrogen) atoms. The highest BCUT2D eigenvalue weighted by Crippen LogP contribution is 2.31. The van der Waals surface area contributed by atoms with Gasteiger partial charge in [0.05, 0.1) is 34.9 Å². The Hall–Kier alpha value is -2.72. The van der Waals surface area contributed by atoms with E-state index in [1.807, 2.05) is 20.8 Å². The molecule has 0 aliphatic carbocycles. The van der Waals surface area contributed by atoms with Crippen molar-refractivity contribution in [3.05, 3.63) is 74.0 Å². The second-order valence-electron chi connectivity index (χ2n) is 9.32. The van der Waals surface area contributed by atoms with E-state index in [4.69, 9.17) is 44.6 Å². The predicted octanol–water partition coefficient (Wildman–Crippen LogP) is 5.31. The van der Waals surface area contributed by atoms with E-state index in [0.717, 1.165) is 11.3 Å². The van der Waals surface area contributed by atoms with E-state index >= 15 is 0 Å². The number of aromatic nitrogens is 4. The number of esters is 1. The molecular formula is C26H29Cl3N6O3. The van der Waals surface area contributed by atoms with Crippen molar-refractivity contribution in [3.8, 4) is 0 Å². The van der Waals surface area contributed by atoms with Crippen molar-refractivity contribution >= 4 is 46.7 Å². The molecule has 1 aliphatic heterocycles. The van der Waals surface area contributed by atoms with Crippen molar-refractivity contribution in [3.63, 3.8) is 0 Å². The van der Waals surface area contributed by atoms with E-state index in [9.17, 15) is 9.59 Å². The summed E-state index contributed by atoms with van der Waals surface area (Å²) in [5.74, 6) is -0.665. The minimum Gasteiger partial charge on any atom is -0.461 e. The second-order valence-corrected chi connectivity index (χ2v) is 10.5. The summed E-state index contributed by atoms with van der Waals surface area (Å²) in [7, 11) is 0. The predicted molar refractivity (Wildman–Crippen MR) is 146 cm³/mol. The Labute approximate surface area is 236 Å². The van der Waals surface area contributed by atoms with Gasteiger partial charge in [-0.1, -0.05) is 23.2 Å². The van der Waals surface area contributed by atoms with Gasteiger partial charge in [0.15, 0.2) is 5.69 Å². The Morgan fingerprint density at radius 2 is 1.87 bits per heavy atom. The normalized spacial score (nSPS) is 16.6. The fraction of sp³-hybridized carbons (Fsp3) is 0.423. The minimum atomic E-state index is -0.469. The molecule has 1 unspecified atom stereocenters. The number of carbonyl (C=O) groups is 2. The zero-order chi connectivity index (χ0) is 27.6. The summed E-state index contributed by atoms with van der Waals surface area (Å²) in [5, 5.41) is 9.13. The maximum Gasteiger partial charge on any atom is 0.356 e. The molecule has 0 bridgehead atoms. The van der Waals surface area contributed by atoms with Gasteiger partial charge in [-0.25, -0.2) is 14.8 Å². The SMILES string of the molecule is CCOC(=O)c1c2c(nn1[C@H](C)CNC(C)c1cnc(Cl)nc1)C[C@@H](C)N(C(=O)c1ccc(Cl)c(Cl)c1)C2. The molecule has 1 aromatic carbocycles. The molecule has 1 aliphatic rings. The van der Waals surface area contributed by atoms with Crippen LogP contribution in [-0.2, 0) is 17.7 Å². The third kappa shape index (κ3) is 5.96. The molecule has 3 heterocycles. The van der Waals surface area contributed by atoms with Gasteiger partial charge in [-0.05, 0) is 57.5 Å². The third-order valence-electron chi connectivity index (χ3n) is 6.61. The Morgan fingerprint density at radius 3 is 2.53 bits per heavy atom. The first kappa shape index (κ1) is 28.3. The van der Waals surface area contributed by atoms with Crippen LogP contribution in [-0.4, -0.2) is 55.7 Å². The average Bonchev–Trinajstić information content (AvgIpc) is 3.26. The Kier molecular flexibility index (Phi) is 8.92. The Balaban J connectivity index is 1.60. The van der Waals surface area contributed by atoms with E-state index in [1.54, 1.807) is 47.1 Å². The van der Waals surface area contributed by atoms with E-state index in [0.29, 0.717) is 39.8 Å². The molecule has 1 amide bonds. The van der Waals surface area contributed by atoms with Crippen molar-refractivity contribution in [2.75, 3.05) is 13.2 Å². The van der Waals surface area contributed by atoms with Crippen LogP contribution in [0.15, 0.2) is 30.6 Å². The fourth-order valence-corrected chi connectivity index (χ4v) is 4.86. The Bertz CT molecular complexity index is 1330. The number of benzene rings is 1. The molecule has 0 radical (unpaired) electrons. The van der Waals surface area contributed by atoms with Gasteiger partial charge in [0.2, 0.25) is 5.28 Å². The van der Waals surface area contributed by atoms with Crippen LogP contribution >= 0.6 is 34.8 Å². The van der Waals surface area contributed by atoms with Gasteiger partial charge in [-0.15, -0.1) is 0 Å². The average molecular weight is 580 g/mol. The number of halogens is 3. The summed E-state index contributed by atoms with van der Waals surface area (Å²) >= 11 is 18.0. The molecule has 3 aromatic rings. The molecule has 3 atom stereocenters. The number of fused-ring (bicyclic) bond motifs is 1. The van der Waals surface area contributed by atoms with E-state index in [1.165, 1.54) is 0 Å². The van der Waals surface area contributed by atoms with Crippen molar-refractivity contribution in [2.24, 2.45) is 0 Å². The van der Waals surface area contributed by atoms with Crippen LogP contribution in [0.25, 0.3) is 0 Å². The second kappa shape index (κ2) is 12.0. The van der Waals surface area contributed by atoms with Gasteiger partial charge < -0.3 is 15.0 Å². The van der Waals surface area contributed by atoms with Crippen molar-refractivity contribution in [1.82, 2.24) is 30.0 Å². The lowest BCUT2D eigenvalue weighted by molar-refractivity contribution is 0.0500. The van der Waals surface area contributed by atoms with Gasteiger partial charge >= 0.3 is 5.97 Å². The summed E-state index contributed by atoms with van der Waals surface area (Å²) in [4.78, 5) is 36.3. The van der Waals surface area contributed by atoms with Crippen LogP contribution < -0.4 is 5.32 Å². The smallest absolute Gasteiger partial charge is 0.356 e. The molecule has 1 N–H and O–H groups in total. The molecule has 12 heteroatoms. The highest BCUT2D eigenvalue weighted by Gasteiger charge is 2.35. The van der Waals surface area contributed by atoms with Gasteiger partial charge in [0.1, 0.15) is 0 Å². The summed E-state index contributed by atoms with van der Waals surface area (Å²) < 4.78 is 7.11. The monoisotopic (exact) mass is 578 g/mol. The van der Waals surface area contributed by atoms with E-state index < -0.39 is 5.97 Å². The molecule has 4 rings (SSSR count). The number of amides is 1. The molecule has 202 valence electrons. The van der Waals surface area contributed by atoms with Crippen molar-refractivity contribution < 1.29 is 14.3 Å². The first-order chi connectivity index (χ1) is 18.1. The third-order valence-corrected chi connectivity index (χ3v) is 7.55. The number of hydrogen-bond acceptors (Lipinski definition) is 7. The summed E-state index contributed by atoms with van der Waals surface area (Å²) in [6.45, 7) is 8.65. The number of nitrogens with zero attached hydrogens (tertiary/aromatic N) is 5. The van der Waals surface area contributed by atoms with Crippen LogP contribution in [0, 0.1) is 0 Å². The van der Waals surface area contributed by atoms with Crippen molar-refractivity contribution in [1.29, 1.82) is 0 Å². The lowest BCUT2D eigenvalue weighted by Gasteiger charge is -2.33. The van der Waals surface area contributed by atoms with Crippen LogP contribution in [0.5, 0.6) is 0 Å². The van der Waals surface area contributed by atoms with Gasteiger partial charge in [-0.3, -0.25) is 9.48 Å². The summed E-state index contributed by atoms with van der Waals surface area (Å²) in [6, 6.07) is 4.43. The van der Waals surface area contributed by atoms with Gasteiger partial charge in [0.25, 0.3) is 5.91 Å². The topological polar surface area (TPSA) is 102 Å². The van der Waals surface area contributed by atoms with Crippen LogP contribution in [0.1, 0.15) is 77.4 Å². The molecule has 0 saturated heterocycles. The van der Waals surface area contributed by atoms with E-state index in [-0.39, 0.29) is 42.5 Å².